The molecule has 0 amide bonds. The molecule has 0 atom stereocenters. The Kier molecular flexibility index (Phi) is 9.55. The van der Waals surface area contributed by atoms with E-state index >= 15 is 0 Å². The van der Waals surface area contributed by atoms with Gasteiger partial charge in [0.1, 0.15) is 24.4 Å². The maximum atomic E-state index is 11.0. The van der Waals surface area contributed by atoms with E-state index in [2.05, 4.69) is 20.8 Å². The Morgan fingerprint density at radius 1 is 0.846 bits per heavy atom. The molecule has 0 fully saturated rings. The van der Waals surface area contributed by atoms with Gasteiger partial charge in [-0.1, -0.05) is 33.6 Å². The zero-order chi connectivity index (χ0) is 19.5. The van der Waals surface area contributed by atoms with Crippen LogP contribution in [0.3, 0.4) is 0 Å². The first-order chi connectivity index (χ1) is 12.3. The Bertz CT molecular complexity index is 597. The van der Waals surface area contributed by atoms with Crippen molar-refractivity contribution < 1.29 is 28.7 Å². The fourth-order valence-corrected chi connectivity index (χ4v) is 2.40. The molecule has 2 aliphatic rings. The fourth-order valence-electron chi connectivity index (χ4n) is 2.40. The van der Waals surface area contributed by atoms with Gasteiger partial charge in [-0.2, -0.15) is 0 Å². The molecule has 2 rings (SSSR count). The number of carbonyl (C=O) groups is 4. The third kappa shape index (κ3) is 9.30. The van der Waals surface area contributed by atoms with Crippen LogP contribution < -0.4 is 0 Å². The highest BCUT2D eigenvalue weighted by molar-refractivity contribution is 6.05. The SMILES string of the molecule is CC(C)CCC1=CC(=O)CC(=O)O1.CCCCCC1=CC(=O)CC(=O)O1. The number of rotatable bonds is 7. The average Bonchev–Trinajstić information content (AvgIpc) is 2.52. The van der Waals surface area contributed by atoms with Crippen LogP contribution in [0.5, 0.6) is 0 Å². The second-order valence-electron chi connectivity index (χ2n) is 6.85. The summed E-state index contributed by atoms with van der Waals surface area (Å²) in [6.07, 6.45) is 8.18. The first-order valence-corrected chi connectivity index (χ1v) is 9.18. The van der Waals surface area contributed by atoms with E-state index in [1.807, 2.05) is 0 Å². The van der Waals surface area contributed by atoms with E-state index in [-0.39, 0.29) is 24.4 Å². The van der Waals surface area contributed by atoms with Gasteiger partial charge in [0.2, 0.25) is 0 Å². The van der Waals surface area contributed by atoms with Crippen LogP contribution in [0.25, 0.3) is 0 Å². The first kappa shape index (κ1) is 21.8. The topological polar surface area (TPSA) is 86.7 Å². The highest BCUT2D eigenvalue weighted by Gasteiger charge is 2.19. The number of unbranched alkanes of at least 4 members (excludes halogenated alkanes) is 2. The molecular formula is C20H28O6. The summed E-state index contributed by atoms with van der Waals surface area (Å²) < 4.78 is 9.81. The summed E-state index contributed by atoms with van der Waals surface area (Å²) in [5.41, 5.74) is 0. The van der Waals surface area contributed by atoms with Crippen molar-refractivity contribution in [1.29, 1.82) is 0 Å². The quantitative estimate of drug-likeness (QED) is 0.388. The first-order valence-electron chi connectivity index (χ1n) is 9.18. The minimum absolute atomic E-state index is 0.0999. The molecule has 0 spiro atoms. The zero-order valence-electron chi connectivity index (χ0n) is 15.8. The van der Waals surface area contributed by atoms with Crippen molar-refractivity contribution in [3.05, 3.63) is 23.7 Å². The highest BCUT2D eigenvalue weighted by atomic mass is 16.5. The van der Waals surface area contributed by atoms with Gasteiger partial charge in [-0.15, -0.1) is 0 Å². The van der Waals surface area contributed by atoms with Crippen molar-refractivity contribution >= 4 is 23.5 Å². The van der Waals surface area contributed by atoms with Crippen molar-refractivity contribution in [1.82, 2.24) is 0 Å². The maximum absolute atomic E-state index is 11.0. The molecule has 0 N–H and O–H groups in total. The number of carbonyl (C=O) groups excluding carboxylic acids is 4. The van der Waals surface area contributed by atoms with E-state index in [4.69, 9.17) is 9.47 Å². The minimum Gasteiger partial charge on any atom is -0.431 e. The van der Waals surface area contributed by atoms with E-state index < -0.39 is 11.9 Å². The number of ketones is 2. The van der Waals surface area contributed by atoms with Crippen LogP contribution in [-0.2, 0) is 28.7 Å². The number of ether oxygens (including phenoxy) is 2. The van der Waals surface area contributed by atoms with E-state index in [0.717, 1.165) is 25.7 Å². The van der Waals surface area contributed by atoms with Crippen LogP contribution in [0.15, 0.2) is 23.7 Å². The summed E-state index contributed by atoms with van der Waals surface area (Å²) in [6, 6.07) is 0. The predicted molar refractivity (Wildman–Crippen MR) is 95.8 cm³/mol. The van der Waals surface area contributed by atoms with Gasteiger partial charge in [-0.05, 0) is 18.8 Å². The van der Waals surface area contributed by atoms with Crippen LogP contribution in [0, 0.1) is 5.92 Å². The van der Waals surface area contributed by atoms with Crippen LogP contribution >= 0.6 is 0 Å². The third-order valence-corrected chi connectivity index (χ3v) is 3.77. The summed E-state index contributed by atoms with van der Waals surface area (Å²) in [5, 5.41) is 0. The molecule has 26 heavy (non-hydrogen) atoms. The zero-order valence-corrected chi connectivity index (χ0v) is 15.8. The summed E-state index contributed by atoms with van der Waals surface area (Å²) in [5.74, 6) is 0.490. The van der Waals surface area contributed by atoms with Crippen LogP contribution in [0.4, 0.5) is 0 Å². The molecule has 0 unspecified atom stereocenters. The van der Waals surface area contributed by atoms with Gasteiger partial charge in [0.15, 0.2) is 11.6 Å². The monoisotopic (exact) mass is 364 g/mol. The van der Waals surface area contributed by atoms with Gasteiger partial charge in [0.25, 0.3) is 0 Å². The molecular weight excluding hydrogens is 336 g/mol. The van der Waals surface area contributed by atoms with Crippen molar-refractivity contribution in [2.24, 2.45) is 5.92 Å². The third-order valence-electron chi connectivity index (χ3n) is 3.77. The Balaban J connectivity index is 0.000000260. The lowest BCUT2D eigenvalue weighted by Crippen LogP contribution is -2.16. The van der Waals surface area contributed by atoms with E-state index in [0.29, 0.717) is 30.3 Å². The van der Waals surface area contributed by atoms with Gasteiger partial charge in [-0.3, -0.25) is 19.2 Å². The standard InChI is InChI=1S/2C10H14O3/c1-7(2)3-4-9-5-8(11)6-10(12)13-9;1-2-3-4-5-9-6-8(11)7-10(12)13-9/h5,7H,3-4,6H2,1-2H3;6H,2-5,7H2,1H3. The highest BCUT2D eigenvalue weighted by Crippen LogP contribution is 2.17. The number of cyclic esters (lactones) is 2. The Morgan fingerprint density at radius 2 is 1.35 bits per heavy atom. The van der Waals surface area contributed by atoms with Gasteiger partial charge in [0.05, 0.1) is 0 Å². The number of hydrogen-bond acceptors (Lipinski definition) is 6. The number of hydrogen-bond donors (Lipinski definition) is 0. The molecule has 2 heterocycles. The van der Waals surface area contributed by atoms with Crippen molar-refractivity contribution in [2.75, 3.05) is 0 Å². The van der Waals surface area contributed by atoms with Crippen LogP contribution in [0.2, 0.25) is 0 Å². The number of allylic oxidation sites excluding steroid dienone is 4. The van der Waals surface area contributed by atoms with E-state index in [9.17, 15) is 19.2 Å². The summed E-state index contributed by atoms with van der Waals surface area (Å²) >= 11 is 0. The molecule has 0 radical (unpaired) electrons. The molecule has 2 aliphatic heterocycles. The fraction of sp³-hybridized carbons (Fsp3) is 0.600. The predicted octanol–water partition coefficient (Wildman–Crippen LogP) is 3.79. The molecule has 6 nitrogen and oxygen atoms in total. The molecule has 0 aromatic carbocycles. The molecule has 144 valence electrons. The average molecular weight is 364 g/mol. The number of esters is 2. The smallest absolute Gasteiger partial charge is 0.318 e. The molecule has 6 heteroatoms. The van der Waals surface area contributed by atoms with Gasteiger partial charge in [0, 0.05) is 25.0 Å². The van der Waals surface area contributed by atoms with Crippen molar-refractivity contribution in [2.45, 2.75) is 72.1 Å². The largest absolute Gasteiger partial charge is 0.431 e. The van der Waals surface area contributed by atoms with Gasteiger partial charge < -0.3 is 9.47 Å². The minimum atomic E-state index is -0.425. The lowest BCUT2D eigenvalue weighted by Gasteiger charge is -2.13. The lowest BCUT2D eigenvalue weighted by molar-refractivity contribution is -0.145. The second kappa shape index (κ2) is 11.4. The van der Waals surface area contributed by atoms with E-state index in [1.165, 1.54) is 12.2 Å². The summed E-state index contributed by atoms with van der Waals surface area (Å²) in [4.78, 5) is 43.6. The van der Waals surface area contributed by atoms with Crippen LogP contribution in [-0.4, -0.2) is 23.5 Å². The van der Waals surface area contributed by atoms with Gasteiger partial charge >= 0.3 is 11.9 Å². The van der Waals surface area contributed by atoms with Crippen LogP contribution in [0.1, 0.15) is 72.1 Å². The molecule has 0 saturated heterocycles. The Hall–Kier alpha value is -2.24. The Morgan fingerprint density at radius 3 is 1.77 bits per heavy atom. The van der Waals surface area contributed by atoms with Crippen molar-refractivity contribution in [3.8, 4) is 0 Å². The molecule has 0 aromatic rings. The van der Waals surface area contributed by atoms with Crippen molar-refractivity contribution in [3.63, 3.8) is 0 Å². The summed E-state index contributed by atoms with van der Waals surface area (Å²) in [6.45, 7) is 6.28. The normalized spacial score (nSPS) is 17.1. The molecule has 0 saturated carbocycles. The second-order valence-corrected chi connectivity index (χ2v) is 6.85. The molecule has 0 aliphatic carbocycles. The lowest BCUT2D eigenvalue weighted by atomic mass is 10.1. The molecule has 0 aromatic heterocycles. The maximum Gasteiger partial charge on any atom is 0.318 e. The van der Waals surface area contributed by atoms with Gasteiger partial charge in [-0.25, -0.2) is 0 Å². The summed E-state index contributed by atoms with van der Waals surface area (Å²) in [7, 11) is 0. The molecule has 0 bridgehead atoms. The van der Waals surface area contributed by atoms with E-state index in [1.54, 1.807) is 0 Å². The Labute approximate surface area is 154 Å².